The first-order valence-electron chi connectivity index (χ1n) is 8.06. The molecule has 0 bridgehead atoms. The summed E-state index contributed by atoms with van der Waals surface area (Å²) in [5, 5.41) is 5.29. The molecule has 2 rings (SSSR count). The number of guanidine groups is 1. The lowest BCUT2D eigenvalue weighted by atomic mass is 10.0. The Morgan fingerprint density at radius 1 is 1.52 bits per heavy atom. The highest BCUT2D eigenvalue weighted by atomic mass is 32.1. The summed E-state index contributed by atoms with van der Waals surface area (Å²) < 4.78 is 0. The minimum Gasteiger partial charge on any atom is -0.370 e. The molecular formula is C16H28N4S. The van der Waals surface area contributed by atoms with Crippen molar-refractivity contribution >= 4 is 17.3 Å². The molecular weight excluding hydrogens is 280 g/mol. The van der Waals surface area contributed by atoms with Gasteiger partial charge in [-0.25, -0.2) is 0 Å². The zero-order chi connectivity index (χ0) is 14.9. The number of likely N-dealkylation sites (tertiary alicyclic amines) is 1. The maximum absolute atomic E-state index is 5.89. The molecule has 1 saturated heterocycles. The molecule has 3 N–H and O–H groups in total. The molecule has 4 nitrogen and oxygen atoms in total. The summed E-state index contributed by atoms with van der Waals surface area (Å²) in [5.41, 5.74) is 5.89. The Kier molecular flexibility index (Phi) is 7.03. The molecule has 1 aromatic heterocycles. The van der Waals surface area contributed by atoms with Crippen molar-refractivity contribution in [1.29, 1.82) is 0 Å². The summed E-state index contributed by atoms with van der Waals surface area (Å²) >= 11 is 1.79. The van der Waals surface area contributed by atoms with Crippen molar-refractivity contribution in [3.05, 3.63) is 22.4 Å². The fourth-order valence-electron chi connectivity index (χ4n) is 2.79. The van der Waals surface area contributed by atoms with E-state index in [4.69, 9.17) is 5.73 Å². The van der Waals surface area contributed by atoms with E-state index in [0.29, 0.717) is 5.96 Å². The van der Waals surface area contributed by atoms with Gasteiger partial charge in [-0.15, -0.1) is 11.3 Å². The fourth-order valence-corrected chi connectivity index (χ4v) is 3.50. The zero-order valence-corrected chi connectivity index (χ0v) is 13.9. The fraction of sp³-hybridized carbons (Fsp3) is 0.688. The van der Waals surface area contributed by atoms with Gasteiger partial charge in [0.05, 0.1) is 0 Å². The van der Waals surface area contributed by atoms with Crippen LogP contribution in [0.25, 0.3) is 0 Å². The molecule has 2 heterocycles. The Morgan fingerprint density at radius 2 is 2.43 bits per heavy atom. The van der Waals surface area contributed by atoms with Crippen LogP contribution in [0.5, 0.6) is 0 Å². The number of hydrogen-bond acceptors (Lipinski definition) is 3. The molecule has 0 amide bonds. The van der Waals surface area contributed by atoms with E-state index in [1.165, 1.54) is 30.7 Å². The third-order valence-electron chi connectivity index (χ3n) is 4.08. The Balaban J connectivity index is 1.55. The lowest BCUT2D eigenvalue weighted by Crippen LogP contribution is -2.38. The van der Waals surface area contributed by atoms with Crippen LogP contribution in [-0.4, -0.2) is 43.1 Å². The number of aliphatic imine (C=N–C) groups is 1. The highest BCUT2D eigenvalue weighted by molar-refractivity contribution is 7.09. The second-order valence-electron chi connectivity index (χ2n) is 5.76. The summed E-state index contributed by atoms with van der Waals surface area (Å²) in [4.78, 5) is 8.38. The van der Waals surface area contributed by atoms with Crippen LogP contribution in [-0.2, 0) is 6.42 Å². The van der Waals surface area contributed by atoms with Crippen molar-refractivity contribution in [2.75, 3.05) is 26.2 Å². The Morgan fingerprint density at radius 3 is 3.19 bits per heavy atom. The molecule has 118 valence electrons. The van der Waals surface area contributed by atoms with Crippen molar-refractivity contribution in [1.82, 2.24) is 10.2 Å². The molecule has 21 heavy (non-hydrogen) atoms. The molecule has 0 aromatic carbocycles. The molecule has 1 atom stereocenters. The Labute approximate surface area is 132 Å². The van der Waals surface area contributed by atoms with Crippen molar-refractivity contribution in [2.24, 2.45) is 10.7 Å². The van der Waals surface area contributed by atoms with Gasteiger partial charge in [-0.3, -0.25) is 4.99 Å². The van der Waals surface area contributed by atoms with E-state index < -0.39 is 0 Å². The van der Waals surface area contributed by atoms with Crippen molar-refractivity contribution < 1.29 is 0 Å². The number of nitrogens with one attached hydrogen (secondary N) is 1. The van der Waals surface area contributed by atoms with Crippen molar-refractivity contribution in [3.8, 4) is 0 Å². The average molecular weight is 308 g/mol. The number of hydrogen-bond donors (Lipinski definition) is 2. The van der Waals surface area contributed by atoms with E-state index in [1.54, 1.807) is 11.3 Å². The molecule has 1 aliphatic heterocycles. The molecule has 0 spiro atoms. The van der Waals surface area contributed by atoms with Crippen LogP contribution >= 0.6 is 11.3 Å². The topological polar surface area (TPSA) is 53.6 Å². The summed E-state index contributed by atoms with van der Waals surface area (Å²) in [6.45, 7) is 6.41. The van der Waals surface area contributed by atoms with Crippen LogP contribution in [0.15, 0.2) is 22.5 Å². The van der Waals surface area contributed by atoms with Crippen molar-refractivity contribution in [2.45, 2.75) is 45.1 Å². The van der Waals surface area contributed by atoms with Crippen LogP contribution < -0.4 is 11.1 Å². The summed E-state index contributed by atoms with van der Waals surface area (Å²) in [5.74, 6) is 0.582. The third kappa shape index (κ3) is 6.06. The Bertz CT molecular complexity index is 416. The molecule has 1 fully saturated rings. The predicted octanol–water partition coefficient (Wildman–Crippen LogP) is 2.46. The quantitative estimate of drug-likeness (QED) is 0.462. The summed E-state index contributed by atoms with van der Waals surface area (Å²) in [6.07, 6.45) is 6.18. The first-order valence-corrected chi connectivity index (χ1v) is 8.94. The van der Waals surface area contributed by atoms with Crippen molar-refractivity contribution in [3.63, 3.8) is 0 Å². The van der Waals surface area contributed by atoms with Crippen LogP contribution in [0.3, 0.4) is 0 Å². The van der Waals surface area contributed by atoms with E-state index in [9.17, 15) is 0 Å². The number of thiophene rings is 1. The number of rotatable bonds is 7. The lowest BCUT2D eigenvalue weighted by molar-refractivity contribution is 0.160. The normalized spacial score (nSPS) is 20.6. The molecule has 0 aliphatic carbocycles. The van der Waals surface area contributed by atoms with Crippen LogP contribution in [0.2, 0.25) is 0 Å². The second kappa shape index (κ2) is 9.05. The van der Waals surface area contributed by atoms with Gasteiger partial charge in [0, 0.05) is 30.6 Å². The summed E-state index contributed by atoms with van der Waals surface area (Å²) in [6, 6.07) is 4.97. The summed E-state index contributed by atoms with van der Waals surface area (Å²) in [7, 11) is 0. The molecule has 0 saturated carbocycles. The van der Waals surface area contributed by atoms with Gasteiger partial charge in [-0.1, -0.05) is 12.5 Å². The highest BCUT2D eigenvalue weighted by Crippen LogP contribution is 2.16. The molecule has 0 radical (unpaired) electrons. The van der Waals surface area contributed by atoms with Crippen LogP contribution in [0.4, 0.5) is 0 Å². The largest absolute Gasteiger partial charge is 0.370 e. The Hall–Kier alpha value is -1.07. The van der Waals surface area contributed by atoms with E-state index >= 15 is 0 Å². The monoisotopic (exact) mass is 308 g/mol. The SMILES string of the molecule is CC1CCCCN1CCCN=C(N)NCCc1cccs1. The average Bonchev–Trinajstić information content (AvgIpc) is 2.98. The first-order chi connectivity index (χ1) is 10.3. The number of nitrogens with zero attached hydrogens (tertiary/aromatic N) is 2. The van der Waals surface area contributed by atoms with Gasteiger partial charge in [0.25, 0.3) is 0 Å². The maximum Gasteiger partial charge on any atom is 0.188 e. The number of nitrogens with two attached hydrogens (primary N) is 1. The molecule has 1 unspecified atom stereocenters. The molecule has 1 aliphatic rings. The molecule has 5 heteroatoms. The van der Waals surface area contributed by atoms with E-state index in [0.717, 1.165) is 38.5 Å². The van der Waals surface area contributed by atoms with Crippen LogP contribution in [0, 0.1) is 0 Å². The standard InChI is InChI=1S/C16H28N4S/c1-14-6-2-3-11-20(14)12-5-9-18-16(17)19-10-8-15-7-4-13-21-15/h4,7,13-14H,2-3,5-6,8-12H2,1H3,(H3,17,18,19). The van der Waals surface area contributed by atoms with E-state index in [-0.39, 0.29) is 0 Å². The second-order valence-corrected chi connectivity index (χ2v) is 6.79. The minimum absolute atomic E-state index is 0.582. The van der Waals surface area contributed by atoms with Gasteiger partial charge < -0.3 is 16.0 Å². The van der Waals surface area contributed by atoms with E-state index in [1.807, 2.05) is 0 Å². The van der Waals surface area contributed by atoms with Gasteiger partial charge in [0.1, 0.15) is 0 Å². The van der Waals surface area contributed by atoms with Gasteiger partial charge in [-0.05, 0) is 50.6 Å². The lowest BCUT2D eigenvalue weighted by Gasteiger charge is -2.33. The highest BCUT2D eigenvalue weighted by Gasteiger charge is 2.16. The van der Waals surface area contributed by atoms with Gasteiger partial charge in [0.15, 0.2) is 5.96 Å². The van der Waals surface area contributed by atoms with Gasteiger partial charge in [0.2, 0.25) is 0 Å². The van der Waals surface area contributed by atoms with Gasteiger partial charge in [-0.2, -0.15) is 0 Å². The van der Waals surface area contributed by atoms with Gasteiger partial charge >= 0.3 is 0 Å². The zero-order valence-electron chi connectivity index (χ0n) is 13.1. The predicted molar refractivity (Wildman–Crippen MR) is 92.0 cm³/mol. The first kappa shape index (κ1) is 16.3. The van der Waals surface area contributed by atoms with Crippen LogP contribution in [0.1, 0.15) is 37.5 Å². The third-order valence-corrected chi connectivity index (χ3v) is 5.02. The maximum atomic E-state index is 5.89. The smallest absolute Gasteiger partial charge is 0.188 e. The van der Waals surface area contributed by atoms with E-state index in [2.05, 4.69) is 39.6 Å². The molecule has 1 aromatic rings. The minimum atomic E-state index is 0.582. The number of piperidine rings is 1.